The van der Waals surface area contributed by atoms with Crippen LogP contribution in [-0.2, 0) is 11.4 Å². The van der Waals surface area contributed by atoms with Crippen molar-refractivity contribution in [2.45, 2.75) is 70.8 Å². The number of ether oxygens (including phenoxy) is 2. The SMILES string of the molecule is COc1cc(-c2ccc(COc3cccc(C(CC(=O)O)C4CC4)c3)cc2[C@@H]2CCCC2(C)C)c(F)cn1. The number of pyridine rings is 1. The van der Waals surface area contributed by atoms with Crippen LogP contribution >= 0.6 is 0 Å². The molecule has 0 spiro atoms. The molecule has 1 N–H and O–H groups in total. The van der Waals surface area contributed by atoms with Gasteiger partial charge in [-0.1, -0.05) is 50.6 Å². The zero-order valence-corrected chi connectivity index (χ0v) is 22.4. The van der Waals surface area contributed by atoms with Crippen molar-refractivity contribution in [2.24, 2.45) is 11.3 Å². The first-order valence-electron chi connectivity index (χ1n) is 13.5. The average molecular weight is 518 g/mol. The number of benzene rings is 2. The van der Waals surface area contributed by atoms with Gasteiger partial charge in [0.15, 0.2) is 0 Å². The molecule has 6 heteroatoms. The second kappa shape index (κ2) is 10.8. The highest BCUT2D eigenvalue weighted by Gasteiger charge is 2.37. The highest BCUT2D eigenvalue weighted by atomic mass is 19.1. The molecule has 0 aliphatic heterocycles. The molecule has 2 atom stereocenters. The van der Waals surface area contributed by atoms with Crippen molar-refractivity contribution < 1.29 is 23.8 Å². The summed E-state index contributed by atoms with van der Waals surface area (Å²) in [5.74, 6) is 0.758. The first kappa shape index (κ1) is 26.2. The number of hydrogen-bond acceptors (Lipinski definition) is 4. The van der Waals surface area contributed by atoms with Crippen LogP contribution in [0.5, 0.6) is 11.6 Å². The lowest BCUT2D eigenvalue weighted by Crippen LogP contribution is -2.17. The van der Waals surface area contributed by atoms with Crippen LogP contribution in [0.1, 0.15) is 80.9 Å². The van der Waals surface area contributed by atoms with Gasteiger partial charge in [0.05, 0.1) is 19.7 Å². The van der Waals surface area contributed by atoms with E-state index in [9.17, 15) is 14.3 Å². The lowest BCUT2D eigenvalue weighted by atomic mass is 9.75. The van der Waals surface area contributed by atoms with Crippen LogP contribution < -0.4 is 9.47 Å². The Morgan fingerprint density at radius 2 is 1.95 bits per heavy atom. The third-order valence-corrected chi connectivity index (χ3v) is 8.36. The Morgan fingerprint density at radius 1 is 1.13 bits per heavy atom. The molecule has 3 aromatic rings. The molecule has 2 aromatic carbocycles. The Labute approximate surface area is 224 Å². The van der Waals surface area contributed by atoms with Gasteiger partial charge in [-0.15, -0.1) is 0 Å². The first-order chi connectivity index (χ1) is 18.2. The molecule has 0 saturated heterocycles. The van der Waals surface area contributed by atoms with Crippen molar-refractivity contribution in [1.82, 2.24) is 4.98 Å². The zero-order valence-electron chi connectivity index (χ0n) is 22.4. The van der Waals surface area contributed by atoms with E-state index in [1.165, 1.54) is 13.3 Å². The second-order valence-corrected chi connectivity index (χ2v) is 11.5. The molecule has 2 fully saturated rings. The molecule has 2 aliphatic carbocycles. The predicted molar refractivity (Wildman–Crippen MR) is 145 cm³/mol. The molecule has 5 nitrogen and oxygen atoms in total. The quantitative estimate of drug-likeness (QED) is 0.298. The molecule has 1 aromatic heterocycles. The number of hydrogen-bond donors (Lipinski definition) is 1. The van der Waals surface area contributed by atoms with Crippen molar-refractivity contribution in [3.63, 3.8) is 0 Å². The maximum atomic E-state index is 15.0. The minimum absolute atomic E-state index is 0.0267. The number of rotatable bonds is 10. The summed E-state index contributed by atoms with van der Waals surface area (Å²) in [5.41, 5.74) is 4.65. The van der Waals surface area contributed by atoms with Crippen LogP contribution in [0.3, 0.4) is 0 Å². The highest BCUT2D eigenvalue weighted by molar-refractivity contribution is 5.70. The molecule has 5 rings (SSSR count). The monoisotopic (exact) mass is 517 g/mol. The normalized spacial score (nSPS) is 19.2. The summed E-state index contributed by atoms with van der Waals surface area (Å²) in [7, 11) is 1.54. The molecule has 0 bridgehead atoms. The summed E-state index contributed by atoms with van der Waals surface area (Å²) in [5, 5.41) is 9.38. The van der Waals surface area contributed by atoms with Gasteiger partial charge in [-0.2, -0.15) is 0 Å². The van der Waals surface area contributed by atoms with Crippen molar-refractivity contribution in [3.05, 3.63) is 77.2 Å². The highest BCUT2D eigenvalue weighted by Crippen LogP contribution is 2.51. The van der Waals surface area contributed by atoms with Gasteiger partial charge in [0.25, 0.3) is 0 Å². The standard InChI is InChI=1S/C32H36FNO4/c1-32(2)13-5-8-28(32)26-14-20(9-12-24(26)27-16-30(37-3)34-18-29(27)33)19-38-23-7-4-6-22(15-23)25(17-31(35)36)21-10-11-21/h4,6-7,9,12,14-16,18,21,25,28H,5,8,10-11,13,17,19H2,1-3H3,(H,35,36)/t25?,28-/m0/s1. The number of nitrogens with zero attached hydrogens (tertiary/aromatic N) is 1. The van der Waals surface area contributed by atoms with Crippen LogP contribution in [0.2, 0.25) is 0 Å². The van der Waals surface area contributed by atoms with Gasteiger partial charge in [-0.25, -0.2) is 9.37 Å². The number of aromatic nitrogens is 1. The topological polar surface area (TPSA) is 68.7 Å². The van der Waals surface area contributed by atoms with E-state index in [0.717, 1.165) is 60.1 Å². The maximum absolute atomic E-state index is 15.0. The summed E-state index contributed by atoms with van der Waals surface area (Å²) in [6, 6.07) is 15.7. The summed E-state index contributed by atoms with van der Waals surface area (Å²) in [6.07, 6.45) is 6.87. The van der Waals surface area contributed by atoms with E-state index in [4.69, 9.17) is 9.47 Å². The smallest absolute Gasteiger partial charge is 0.303 e. The van der Waals surface area contributed by atoms with Gasteiger partial charge >= 0.3 is 5.97 Å². The van der Waals surface area contributed by atoms with E-state index in [2.05, 4.69) is 24.9 Å². The van der Waals surface area contributed by atoms with Crippen LogP contribution in [0.15, 0.2) is 54.7 Å². The van der Waals surface area contributed by atoms with Gasteiger partial charge in [-0.3, -0.25) is 4.79 Å². The fraction of sp³-hybridized carbons (Fsp3) is 0.438. The largest absolute Gasteiger partial charge is 0.489 e. The number of carboxylic acid groups (broad SMARTS) is 1. The molecule has 200 valence electrons. The first-order valence-corrected chi connectivity index (χ1v) is 13.5. The van der Waals surface area contributed by atoms with E-state index < -0.39 is 5.97 Å². The predicted octanol–water partition coefficient (Wildman–Crippen LogP) is 7.74. The third-order valence-electron chi connectivity index (χ3n) is 8.36. The Bertz CT molecular complexity index is 1320. The molecule has 1 heterocycles. The summed E-state index contributed by atoms with van der Waals surface area (Å²) < 4.78 is 26.5. The van der Waals surface area contributed by atoms with E-state index in [0.29, 0.717) is 29.9 Å². The number of methoxy groups -OCH3 is 1. The molecule has 38 heavy (non-hydrogen) atoms. The number of carboxylic acids is 1. The van der Waals surface area contributed by atoms with Gasteiger partial charge in [-0.05, 0) is 83.2 Å². The van der Waals surface area contributed by atoms with Gasteiger partial charge in [0, 0.05) is 11.6 Å². The van der Waals surface area contributed by atoms with Gasteiger partial charge in [0.2, 0.25) is 5.88 Å². The molecule has 2 saturated carbocycles. The zero-order chi connectivity index (χ0) is 26.9. The number of halogens is 1. The van der Waals surface area contributed by atoms with Crippen molar-refractivity contribution in [2.75, 3.05) is 7.11 Å². The molecular formula is C32H36FNO4. The summed E-state index contributed by atoms with van der Waals surface area (Å²) in [4.78, 5) is 15.4. The van der Waals surface area contributed by atoms with Gasteiger partial charge in [0.1, 0.15) is 18.2 Å². The Balaban J connectivity index is 1.43. The minimum Gasteiger partial charge on any atom is -0.489 e. The number of aliphatic carboxylic acids is 1. The third kappa shape index (κ3) is 5.69. The Hall–Kier alpha value is -3.41. The molecule has 0 amide bonds. The summed E-state index contributed by atoms with van der Waals surface area (Å²) >= 11 is 0. The van der Waals surface area contributed by atoms with E-state index in [1.807, 2.05) is 36.4 Å². The Kier molecular flexibility index (Phi) is 7.42. The van der Waals surface area contributed by atoms with Crippen LogP contribution in [-0.4, -0.2) is 23.2 Å². The van der Waals surface area contributed by atoms with Crippen LogP contribution in [0.4, 0.5) is 4.39 Å². The minimum atomic E-state index is -0.765. The maximum Gasteiger partial charge on any atom is 0.303 e. The van der Waals surface area contributed by atoms with Crippen LogP contribution in [0.25, 0.3) is 11.1 Å². The average Bonchev–Trinajstić information content (AvgIpc) is 3.68. The van der Waals surface area contributed by atoms with E-state index >= 15 is 0 Å². The summed E-state index contributed by atoms with van der Waals surface area (Å²) in [6.45, 7) is 4.96. The van der Waals surface area contributed by atoms with Crippen LogP contribution in [0, 0.1) is 17.2 Å². The van der Waals surface area contributed by atoms with Gasteiger partial charge < -0.3 is 14.6 Å². The molecule has 1 unspecified atom stereocenters. The molecular weight excluding hydrogens is 481 g/mol. The van der Waals surface area contributed by atoms with E-state index in [1.54, 1.807) is 6.07 Å². The lowest BCUT2D eigenvalue weighted by Gasteiger charge is -2.30. The number of carbonyl (C=O) groups is 1. The fourth-order valence-electron chi connectivity index (χ4n) is 6.12. The Morgan fingerprint density at radius 3 is 2.63 bits per heavy atom. The van der Waals surface area contributed by atoms with E-state index in [-0.39, 0.29) is 23.6 Å². The van der Waals surface area contributed by atoms with Crippen molar-refractivity contribution >= 4 is 5.97 Å². The molecule has 0 radical (unpaired) electrons. The lowest BCUT2D eigenvalue weighted by molar-refractivity contribution is -0.137. The van der Waals surface area contributed by atoms with Crippen molar-refractivity contribution in [3.8, 4) is 22.8 Å². The van der Waals surface area contributed by atoms with Crippen molar-refractivity contribution in [1.29, 1.82) is 0 Å². The fourth-order valence-corrected chi connectivity index (χ4v) is 6.12. The molecule has 2 aliphatic rings. The second-order valence-electron chi connectivity index (χ2n) is 11.5.